The van der Waals surface area contributed by atoms with Crippen LogP contribution in [-0.2, 0) is 6.61 Å². The average molecular weight is 307 g/mol. The van der Waals surface area contributed by atoms with Crippen molar-refractivity contribution in [1.82, 2.24) is 14.6 Å². The maximum Gasteiger partial charge on any atom is 0.221 e. The summed E-state index contributed by atoms with van der Waals surface area (Å²) in [4.78, 5) is 8.33. The minimum atomic E-state index is 0.362. The standard InChI is InChI=1S/C17H17N5O/c1-13-11-22(17(18)21-13)20-10-14-5-4-7-16(9-14)23-12-15-6-2-3-8-19-15/h2-11H,12H2,1H3,(H2,18,21). The second-order valence-electron chi connectivity index (χ2n) is 5.01. The lowest BCUT2D eigenvalue weighted by molar-refractivity contribution is 0.301. The molecule has 2 heterocycles. The number of hydrogen-bond acceptors (Lipinski definition) is 5. The van der Waals surface area contributed by atoms with E-state index in [0.29, 0.717) is 12.6 Å². The Labute approximate surface area is 134 Å². The summed E-state index contributed by atoms with van der Waals surface area (Å²) in [6.45, 7) is 2.30. The van der Waals surface area contributed by atoms with Crippen LogP contribution in [0.25, 0.3) is 0 Å². The van der Waals surface area contributed by atoms with Crippen LogP contribution in [0.2, 0.25) is 0 Å². The first-order valence-corrected chi connectivity index (χ1v) is 7.19. The van der Waals surface area contributed by atoms with Gasteiger partial charge >= 0.3 is 0 Å². The number of nitrogens with two attached hydrogens (primary N) is 1. The second-order valence-corrected chi connectivity index (χ2v) is 5.01. The lowest BCUT2D eigenvalue weighted by Gasteiger charge is -2.06. The number of ether oxygens (including phenoxy) is 1. The fraction of sp³-hybridized carbons (Fsp3) is 0.118. The van der Waals surface area contributed by atoms with Gasteiger partial charge in [-0.2, -0.15) is 5.10 Å². The van der Waals surface area contributed by atoms with E-state index in [1.165, 1.54) is 4.68 Å². The van der Waals surface area contributed by atoms with Crippen molar-refractivity contribution in [2.75, 3.05) is 5.73 Å². The number of aryl methyl sites for hydroxylation is 1. The third-order valence-electron chi connectivity index (χ3n) is 3.14. The van der Waals surface area contributed by atoms with E-state index in [2.05, 4.69) is 15.1 Å². The highest BCUT2D eigenvalue weighted by atomic mass is 16.5. The molecule has 3 rings (SSSR count). The molecule has 0 bridgehead atoms. The van der Waals surface area contributed by atoms with Crippen LogP contribution >= 0.6 is 0 Å². The Balaban J connectivity index is 1.68. The Hall–Kier alpha value is -3.15. The summed E-state index contributed by atoms with van der Waals surface area (Å²) in [5.74, 6) is 1.12. The number of nitrogen functional groups attached to an aromatic ring is 1. The van der Waals surface area contributed by atoms with E-state index in [-0.39, 0.29) is 0 Å². The molecule has 0 unspecified atom stereocenters. The number of anilines is 1. The van der Waals surface area contributed by atoms with E-state index < -0.39 is 0 Å². The van der Waals surface area contributed by atoms with Gasteiger partial charge in [0, 0.05) is 6.20 Å². The maximum atomic E-state index is 5.75. The van der Waals surface area contributed by atoms with E-state index in [0.717, 1.165) is 22.7 Å². The monoisotopic (exact) mass is 307 g/mol. The van der Waals surface area contributed by atoms with Gasteiger partial charge in [0.05, 0.1) is 23.8 Å². The molecular weight excluding hydrogens is 290 g/mol. The molecule has 116 valence electrons. The van der Waals surface area contributed by atoms with E-state index in [9.17, 15) is 0 Å². The van der Waals surface area contributed by atoms with Gasteiger partial charge in [-0.15, -0.1) is 0 Å². The number of nitrogens with zero attached hydrogens (tertiary/aromatic N) is 4. The highest BCUT2D eigenvalue weighted by Gasteiger charge is 2.00. The Bertz CT molecular complexity index is 811. The van der Waals surface area contributed by atoms with Crippen molar-refractivity contribution in [3.8, 4) is 5.75 Å². The number of rotatable bonds is 5. The first-order valence-electron chi connectivity index (χ1n) is 7.19. The Morgan fingerprint density at radius 3 is 2.91 bits per heavy atom. The third-order valence-corrected chi connectivity index (χ3v) is 3.14. The molecule has 0 radical (unpaired) electrons. The molecule has 0 amide bonds. The van der Waals surface area contributed by atoms with E-state index in [1.807, 2.05) is 49.4 Å². The molecule has 0 aliphatic rings. The largest absolute Gasteiger partial charge is 0.487 e. The molecule has 6 nitrogen and oxygen atoms in total. The van der Waals surface area contributed by atoms with E-state index >= 15 is 0 Å². The van der Waals surface area contributed by atoms with Gasteiger partial charge in [0.15, 0.2) is 0 Å². The molecule has 0 spiro atoms. The molecule has 6 heteroatoms. The smallest absolute Gasteiger partial charge is 0.221 e. The highest BCUT2D eigenvalue weighted by molar-refractivity contribution is 5.80. The zero-order chi connectivity index (χ0) is 16.1. The van der Waals surface area contributed by atoms with Crippen molar-refractivity contribution >= 4 is 12.2 Å². The number of pyridine rings is 1. The van der Waals surface area contributed by atoms with Gasteiger partial charge in [0.25, 0.3) is 0 Å². The van der Waals surface area contributed by atoms with Gasteiger partial charge in [-0.05, 0) is 36.8 Å². The number of benzene rings is 1. The molecule has 2 N–H and O–H groups in total. The van der Waals surface area contributed by atoms with Gasteiger partial charge < -0.3 is 10.5 Å². The third kappa shape index (κ3) is 3.94. The molecule has 23 heavy (non-hydrogen) atoms. The van der Waals surface area contributed by atoms with Crippen LogP contribution in [0.3, 0.4) is 0 Å². The summed E-state index contributed by atoms with van der Waals surface area (Å²) in [5.41, 5.74) is 8.37. The first kappa shape index (κ1) is 14.8. The van der Waals surface area contributed by atoms with E-state index in [1.54, 1.807) is 18.6 Å². The molecule has 0 saturated heterocycles. The van der Waals surface area contributed by atoms with Gasteiger partial charge in [-0.3, -0.25) is 4.98 Å². The van der Waals surface area contributed by atoms with Crippen molar-refractivity contribution in [2.24, 2.45) is 5.10 Å². The summed E-state index contributed by atoms with van der Waals surface area (Å²) in [6, 6.07) is 13.4. The summed E-state index contributed by atoms with van der Waals surface area (Å²) < 4.78 is 7.28. The molecule has 0 fully saturated rings. The molecular formula is C17H17N5O. The van der Waals surface area contributed by atoms with Gasteiger partial charge in [-0.1, -0.05) is 18.2 Å². The normalized spacial score (nSPS) is 11.0. The lowest BCUT2D eigenvalue weighted by atomic mass is 10.2. The fourth-order valence-electron chi connectivity index (χ4n) is 2.05. The SMILES string of the molecule is Cc1cn(N=Cc2cccc(OCc3ccccn3)c2)c(N)n1. The Kier molecular flexibility index (Phi) is 4.33. The van der Waals surface area contributed by atoms with E-state index in [4.69, 9.17) is 10.5 Å². The lowest BCUT2D eigenvalue weighted by Crippen LogP contribution is -1.99. The number of hydrogen-bond donors (Lipinski definition) is 1. The van der Waals surface area contributed by atoms with Crippen molar-refractivity contribution in [3.63, 3.8) is 0 Å². The first-order chi connectivity index (χ1) is 11.2. The molecule has 1 aromatic carbocycles. The molecule has 0 aliphatic carbocycles. The van der Waals surface area contributed by atoms with Crippen LogP contribution in [0.15, 0.2) is 60.0 Å². The average Bonchev–Trinajstić information content (AvgIpc) is 2.90. The van der Waals surface area contributed by atoms with Crippen molar-refractivity contribution in [3.05, 3.63) is 71.8 Å². The van der Waals surface area contributed by atoms with Crippen LogP contribution in [0.5, 0.6) is 5.75 Å². The van der Waals surface area contributed by atoms with Gasteiger partial charge in [-0.25, -0.2) is 9.66 Å². The van der Waals surface area contributed by atoms with Gasteiger partial charge in [0.1, 0.15) is 12.4 Å². The highest BCUT2D eigenvalue weighted by Crippen LogP contribution is 2.14. The zero-order valence-electron chi connectivity index (χ0n) is 12.8. The van der Waals surface area contributed by atoms with Crippen molar-refractivity contribution in [1.29, 1.82) is 0 Å². The fourth-order valence-corrected chi connectivity index (χ4v) is 2.05. The molecule has 0 atom stereocenters. The molecule has 0 aliphatic heterocycles. The van der Waals surface area contributed by atoms with Crippen molar-refractivity contribution in [2.45, 2.75) is 13.5 Å². The van der Waals surface area contributed by atoms with Crippen LogP contribution < -0.4 is 10.5 Å². The predicted octanol–water partition coefficient (Wildman–Crippen LogP) is 2.63. The molecule has 2 aromatic heterocycles. The van der Waals surface area contributed by atoms with Crippen LogP contribution in [0.4, 0.5) is 5.95 Å². The number of aromatic nitrogens is 3. The van der Waals surface area contributed by atoms with Gasteiger partial charge in [0.2, 0.25) is 5.95 Å². The van der Waals surface area contributed by atoms with Crippen molar-refractivity contribution < 1.29 is 4.74 Å². The molecule has 3 aromatic rings. The second kappa shape index (κ2) is 6.74. The maximum absolute atomic E-state index is 5.75. The molecule has 0 saturated carbocycles. The quantitative estimate of drug-likeness (QED) is 0.735. The minimum absolute atomic E-state index is 0.362. The van der Waals surface area contributed by atoms with Crippen LogP contribution in [0, 0.1) is 6.92 Å². The summed E-state index contributed by atoms with van der Waals surface area (Å²) in [7, 11) is 0. The summed E-state index contributed by atoms with van der Waals surface area (Å²) in [5, 5.41) is 4.29. The van der Waals surface area contributed by atoms with Crippen LogP contribution in [0.1, 0.15) is 17.0 Å². The summed E-state index contributed by atoms with van der Waals surface area (Å²) in [6.07, 6.45) is 5.23. The summed E-state index contributed by atoms with van der Waals surface area (Å²) >= 11 is 0. The Morgan fingerprint density at radius 2 is 2.17 bits per heavy atom. The minimum Gasteiger partial charge on any atom is -0.487 e. The number of imidazole rings is 1. The predicted molar refractivity (Wildman–Crippen MR) is 89.4 cm³/mol. The Morgan fingerprint density at radius 1 is 1.26 bits per heavy atom. The van der Waals surface area contributed by atoms with Crippen LogP contribution in [-0.4, -0.2) is 20.9 Å². The zero-order valence-corrected chi connectivity index (χ0v) is 12.8. The topological polar surface area (TPSA) is 78.3 Å².